The normalized spacial score (nSPS) is 27.0. The number of carbonyl (C=O) groups excluding carboxylic acids is 1. The predicted octanol–water partition coefficient (Wildman–Crippen LogP) is 4.38. The summed E-state index contributed by atoms with van der Waals surface area (Å²) < 4.78 is 11.8. The third-order valence-electron chi connectivity index (χ3n) is 4.99. The molecule has 1 saturated heterocycles. The lowest BCUT2D eigenvalue weighted by Crippen LogP contribution is -2.49. The van der Waals surface area contributed by atoms with Gasteiger partial charge in [-0.25, -0.2) is 4.79 Å². The molecule has 0 N–H and O–H groups in total. The van der Waals surface area contributed by atoms with E-state index in [1.807, 2.05) is 43.9 Å². The zero-order valence-corrected chi connectivity index (χ0v) is 15.0. The Morgan fingerprint density at radius 1 is 1.17 bits per heavy atom. The van der Waals surface area contributed by atoms with Crippen molar-refractivity contribution < 1.29 is 14.3 Å². The summed E-state index contributed by atoms with van der Waals surface area (Å²) >= 11 is 0. The molecule has 3 atom stereocenters. The number of ether oxygens (including phenoxy) is 2. The maximum absolute atomic E-state index is 12.5. The number of likely N-dealkylation sites (tertiary alicyclic amines) is 1. The highest BCUT2D eigenvalue weighted by molar-refractivity contribution is 5.68. The molecule has 4 nitrogen and oxygen atoms in total. The first kappa shape index (κ1) is 17.3. The summed E-state index contributed by atoms with van der Waals surface area (Å²) in [7, 11) is 0. The van der Waals surface area contributed by atoms with Gasteiger partial charge in [0.15, 0.2) is 0 Å². The van der Waals surface area contributed by atoms with Gasteiger partial charge in [-0.2, -0.15) is 0 Å². The lowest BCUT2D eigenvalue weighted by molar-refractivity contribution is -0.0263. The lowest BCUT2D eigenvalue weighted by atomic mass is 9.91. The topological polar surface area (TPSA) is 38.8 Å². The van der Waals surface area contributed by atoms with E-state index in [-0.39, 0.29) is 18.2 Å². The molecule has 24 heavy (non-hydrogen) atoms. The van der Waals surface area contributed by atoms with Gasteiger partial charge in [-0.1, -0.05) is 30.3 Å². The van der Waals surface area contributed by atoms with Crippen LogP contribution in [0.15, 0.2) is 30.3 Å². The fourth-order valence-electron chi connectivity index (χ4n) is 3.97. The Balaban J connectivity index is 1.59. The van der Waals surface area contributed by atoms with Gasteiger partial charge in [0.05, 0.1) is 12.7 Å². The second-order valence-electron chi connectivity index (χ2n) is 7.96. The van der Waals surface area contributed by atoms with Crippen LogP contribution in [0.25, 0.3) is 0 Å². The zero-order chi connectivity index (χ0) is 17.2. The maximum atomic E-state index is 12.5. The van der Waals surface area contributed by atoms with Gasteiger partial charge in [-0.3, -0.25) is 0 Å². The molecule has 2 fully saturated rings. The van der Waals surface area contributed by atoms with Crippen molar-refractivity contribution >= 4 is 6.09 Å². The van der Waals surface area contributed by atoms with Crippen LogP contribution in [0.3, 0.4) is 0 Å². The molecule has 0 bridgehead atoms. The van der Waals surface area contributed by atoms with Crippen molar-refractivity contribution in [1.29, 1.82) is 0 Å². The molecule has 4 heteroatoms. The van der Waals surface area contributed by atoms with Crippen molar-refractivity contribution in [2.45, 2.75) is 70.8 Å². The Hall–Kier alpha value is -1.55. The van der Waals surface area contributed by atoms with Gasteiger partial charge in [0.2, 0.25) is 0 Å². The summed E-state index contributed by atoms with van der Waals surface area (Å²) in [6.45, 7) is 7.23. The van der Waals surface area contributed by atoms with Crippen molar-refractivity contribution in [3.8, 4) is 0 Å². The number of nitrogens with zero attached hydrogens (tertiary/aromatic N) is 1. The predicted molar refractivity (Wildman–Crippen MR) is 93.7 cm³/mol. The Labute approximate surface area is 145 Å². The van der Waals surface area contributed by atoms with Crippen LogP contribution in [0, 0.1) is 5.92 Å². The van der Waals surface area contributed by atoms with Crippen molar-refractivity contribution in [3.63, 3.8) is 0 Å². The molecule has 0 spiro atoms. The van der Waals surface area contributed by atoms with Gasteiger partial charge in [0.1, 0.15) is 5.60 Å². The first-order valence-corrected chi connectivity index (χ1v) is 9.09. The third-order valence-corrected chi connectivity index (χ3v) is 4.99. The maximum Gasteiger partial charge on any atom is 0.410 e. The second-order valence-corrected chi connectivity index (χ2v) is 7.96. The van der Waals surface area contributed by atoms with E-state index >= 15 is 0 Å². The average molecular weight is 331 g/mol. The molecule has 1 heterocycles. The largest absolute Gasteiger partial charge is 0.444 e. The van der Waals surface area contributed by atoms with Gasteiger partial charge >= 0.3 is 6.09 Å². The van der Waals surface area contributed by atoms with Crippen molar-refractivity contribution in [2.75, 3.05) is 6.54 Å². The minimum Gasteiger partial charge on any atom is -0.444 e. The monoisotopic (exact) mass is 331 g/mol. The van der Waals surface area contributed by atoms with Gasteiger partial charge in [-0.15, -0.1) is 0 Å². The molecule has 1 saturated carbocycles. The Bertz CT molecular complexity index is 552. The van der Waals surface area contributed by atoms with Crippen LogP contribution in [0.5, 0.6) is 0 Å². The number of piperidine rings is 1. The van der Waals surface area contributed by atoms with Crippen LogP contribution in [-0.2, 0) is 16.1 Å². The van der Waals surface area contributed by atoms with Gasteiger partial charge < -0.3 is 14.4 Å². The lowest BCUT2D eigenvalue weighted by Gasteiger charge is -2.39. The molecule has 1 aromatic rings. The van der Waals surface area contributed by atoms with Gasteiger partial charge in [-0.05, 0) is 52.0 Å². The summed E-state index contributed by atoms with van der Waals surface area (Å²) in [4.78, 5) is 14.5. The van der Waals surface area contributed by atoms with Crippen molar-refractivity contribution in [3.05, 3.63) is 35.9 Å². The molecule has 0 radical (unpaired) electrons. The van der Waals surface area contributed by atoms with E-state index in [4.69, 9.17) is 9.47 Å². The molecule has 3 unspecified atom stereocenters. The van der Waals surface area contributed by atoms with Crippen molar-refractivity contribution in [2.24, 2.45) is 5.92 Å². The fraction of sp³-hybridized carbons (Fsp3) is 0.650. The quantitative estimate of drug-likeness (QED) is 0.825. The Morgan fingerprint density at radius 3 is 2.62 bits per heavy atom. The molecule has 1 amide bonds. The molecule has 0 aromatic heterocycles. The van der Waals surface area contributed by atoms with E-state index in [9.17, 15) is 4.79 Å². The average Bonchev–Trinajstić information content (AvgIpc) is 2.95. The molecule has 1 aromatic carbocycles. The number of rotatable bonds is 3. The summed E-state index contributed by atoms with van der Waals surface area (Å²) in [5.41, 5.74) is 0.770. The molecule has 1 aliphatic carbocycles. The van der Waals surface area contributed by atoms with E-state index in [0.717, 1.165) is 32.2 Å². The Kier molecular flexibility index (Phi) is 5.14. The number of hydrogen-bond acceptors (Lipinski definition) is 3. The van der Waals surface area contributed by atoms with Crippen LogP contribution in [0.4, 0.5) is 4.79 Å². The fourth-order valence-corrected chi connectivity index (χ4v) is 3.97. The smallest absolute Gasteiger partial charge is 0.410 e. The molecule has 3 rings (SSSR count). The highest BCUT2D eigenvalue weighted by Gasteiger charge is 2.44. The first-order chi connectivity index (χ1) is 11.4. The van der Waals surface area contributed by atoms with E-state index in [2.05, 4.69) is 12.1 Å². The number of carbonyl (C=O) groups is 1. The van der Waals surface area contributed by atoms with Gasteiger partial charge in [0, 0.05) is 18.5 Å². The van der Waals surface area contributed by atoms with Crippen LogP contribution in [0.1, 0.15) is 52.0 Å². The van der Waals surface area contributed by atoms with E-state index < -0.39 is 5.60 Å². The minimum atomic E-state index is -0.439. The highest BCUT2D eigenvalue weighted by atomic mass is 16.6. The van der Waals surface area contributed by atoms with E-state index in [0.29, 0.717) is 12.5 Å². The summed E-state index contributed by atoms with van der Waals surface area (Å²) in [6.07, 6.45) is 4.31. The highest BCUT2D eigenvalue weighted by Crippen LogP contribution is 2.39. The second kappa shape index (κ2) is 7.14. The standard InChI is InChI=1S/C20H29NO3/c1-20(2,3)24-19(22)21-13-7-10-16-17(21)11-12-18(16)23-14-15-8-5-4-6-9-15/h4-6,8-9,16-18H,7,10-14H2,1-3H3. The Morgan fingerprint density at radius 2 is 1.92 bits per heavy atom. The third kappa shape index (κ3) is 4.10. The van der Waals surface area contributed by atoms with Crippen LogP contribution in [0.2, 0.25) is 0 Å². The van der Waals surface area contributed by atoms with E-state index in [1.165, 1.54) is 5.56 Å². The summed E-state index contributed by atoms with van der Waals surface area (Å²) in [5.74, 6) is 0.440. The summed E-state index contributed by atoms with van der Waals surface area (Å²) in [5, 5.41) is 0. The number of hydrogen-bond donors (Lipinski definition) is 0. The molecule has 1 aliphatic heterocycles. The molecule has 2 aliphatic rings. The number of amides is 1. The SMILES string of the molecule is CC(C)(C)OC(=O)N1CCCC2C(OCc3ccccc3)CCC21. The molecule has 132 valence electrons. The van der Waals surface area contributed by atoms with Crippen LogP contribution in [-0.4, -0.2) is 35.3 Å². The first-order valence-electron chi connectivity index (χ1n) is 9.09. The minimum absolute atomic E-state index is 0.166. The number of benzene rings is 1. The van der Waals surface area contributed by atoms with Crippen molar-refractivity contribution in [1.82, 2.24) is 4.90 Å². The van der Waals surface area contributed by atoms with Crippen LogP contribution < -0.4 is 0 Å². The van der Waals surface area contributed by atoms with Gasteiger partial charge in [0.25, 0.3) is 0 Å². The zero-order valence-electron chi connectivity index (χ0n) is 15.0. The molecular formula is C20H29NO3. The van der Waals surface area contributed by atoms with Crippen LogP contribution >= 0.6 is 0 Å². The van der Waals surface area contributed by atoms with E-state index in [1.54, 1.807) is 0 Å². The molecular weight excluding hydrogens is 302 g/mol. The summed E-state index contributed by atoms with van der Waals surface area (Å²) in [6, 6.07) is 10.6. The number of fused-ring (bicyclic) bond motifs is 1.